The van der Waals surface area contributed by atoms with Crippen molar-refractivity contribution in [1.29, 1.82) is 0 Å². The lowest BCUT2D eigenvalue weighted by Gasteiger charge is -2.35. The molecule has 130 valence electrons. The minimum absolute atomic E-state index is 0.279. The van der Waals surface area contributed by atoms with Crippen LogP contribution in [0.2, 0.25) is 5.02 Å². The number of hydrogen-bond donors (Lipinski definition) is 0. The Balaban J connectivity index is 1.41. The fourth-order valence-electron chi connectivity index (χ4n) is 2.94. The Morgan fingerprint density at radius 3 is 2.60 bits per heavy atom. The molecule has 25 heavy (non-hydrogen) atoms. The minimum Gasteiger partial charge on any atom is -0.437 e. The van der Waals surface area contributed by atoms with Gasteiger partial charge in [0.25, 0.3) is 0 Å². The number of piperazine rings is 1. The number of halogens is 1. The first-order chi connectivity index (χ1) is 12.2. The van der Waals surface area contributed by atoms with Gasteiger partial charge in [0.15, 0.2) is 0 Å². The Labute approximate surface area is 151 Å². The largest absolute Gasteiger partial charge is 0.437 e. The Morgan fingerprint density at radius 1 is 1.12 bits per heavy atom. The van der Waals surface area contributed by atoms with E-state index in [1.807, 2.05) is 23.1 Å². The summed E-state index contributed by atoms with van der Waals surface area (Å²) in [5.41, 5.74) is 0. The average Bonchev–Trinajstić information content (AvgIpc) is 3.49. The molecule has 0 radical (unpaired) electrons. The molecular weight excluding hydrogens is 340 g/mol. The molecule has 6 nitrogen and oxygen atoms in total. The Kier molecular flexibility index (Phi) is 4.44. The van der Waals surface area contributed by atoms with Crippen molar-refractivity contribution in [3.63, 3.8) is 0 Å². The summed E-state index contributed by atoms with van der Waals surface area (Å²) in [5.74, 6) is 2.41. The summed E-state index contributed by atoms with van der Waals surface area (Å²) in [4.78, 5) is 24.8. The maximum absolute atomic E-state index is 12.1. The first-order valence-corrected chi connectivity index (χ1v) is 8.86. The molecule has 1 aromatic carbocycles. The van der Waals surface area contributed by atoms with E-state index >= 15 is 0 Å². The van der Waals surface area contributed by atoms with Crippen molar-refractivity contribution in [3.8, 4) is 11.6 Å². The van der Waals surface area contributed by atoms with E-state index in [-0.39, 0.29) is 5.92 Å². The number of rotatable bonds is 4. The molecule has 0 spiro atoms. The number of hydrogen-bond acceptors (Lipinski definition) is 5. The lowest BCUT2D eigenvalue weighted by molar-refractivity contribution is -0.132. The quantitative estimate of drug-likeness (QED) is 0.841. The summed E-state index contributed by atoms with van der Waals surface area (Å²) < 4.78 is 5.77. The molecule has 1 aromatic heterocycles. The third kappa shape index (κ3) is 3.69. The molecule has 2 aliphatic rings. The number of aromatic nitrogens is 2. The zero-order valence-corrected chi connectivity index (χ0v) is 14.5. The molecule has 4 rings (SSSR count). The Hall–Kier alpha value is -2.34. The lowest BCUT2D eigenvalue weighted by atomic mass is 10.2. The first-order valence-electron chi connectivity index (χ1n) is 8.49. The van der Waals surface area contributed by atoms with E-state index in [1.165, 1.54) is 6.33 Å². The van der Waals surface area contributed by atoms with Crippen LogP contribution in [-0.4, -0.2) is 47.0 Å². The van der Waals surface area contributed by atoms with E-state index in [9.17, 15) is 4.79 Å². The van der Waals surface area contributed by atoms with Crippen LogP contribution in [0.3, 0.4) is 0 Å². The van der Waals surface area contributed by atoms with Crippen LogP contribution < -0.4 is 9.64 Å². The summed E-state index contributed by atoms with van der Waals surface area (Å²) in [5, 5.41) is 0.537. The maximum atomic E-state index is 12.1. The predicted molar refractivity (Wildman–Crippen MR) is 95.1 cm³/mol. The maximum Gasteiger partial charge on any atom is 0.225 e. The Bertz CT molecular complexity index is 773. The van der Waals surface area contributed by atoms with E-state index < -0.39 is 0 Å². The SMILES string of the molecule is O=C(C1CC1)N1CCN(c2cc(Oc3ccccc3Cl)ncn2)CC1. The van der Waals surface area contributed by atoms with Crippen LogP contribution in [0.1, 0.15) is 12.8 Å². The molecule has 2 heterocycles. The van der Waals surface area contributed by atoms with Crippen LogP contribution in [0, 0.1) is 5.92 Å². The zero-order chi connectivity index (χ0) is 17.2. The third-order valence-electron chi connectivity index (χ3n) is 4.52. The molecule has 1 aliphatic carbocycles. The number of benzene rings is 1. The van der Waals surface area contributed by atoms with Gasteiger partial charge in [0.05, 0.1) is 5.02 Å². The molecule has 0 unspecified atom stereocenters. The number of anilines is 1. The van der Waals surface area contributed by atoms with Crippen LogP contribution in [-0.2, 0) is 4.79 Å². The zero-order valence-electron chi connectivity index (χ0n) is 13.8. The summed E-state index contributed by atoms with van der Waals surface area (Å²) in [7, 11) is 0. The van der Waals surface area contributed by atoms with Crippen LogP contribution >= 0.6 is 11.6 Å². The van der Waals surface area contributed by atoms with Crippen molar-refractivity contribution in [2.75, 3.05) is 31.1 Å². The summed E-state index contributed by atoms with van der Waals surface area (Å²) in [6.45, 7) is 3.00. The molecular formula is C18H19ClN4O2. The highest BCUT2D eigenvalue weighted by molar-refractivity contribution is 6.32. The second-order valence-corrected chi connectivity index (χ2v) is 6.74. The number of nitrogens with zero attached hydrogens (tertiary/aromatic N) is 4. The van der Waals surface area contributed by atoms with E-state index in [0.29, 0.717) is 22.6 Å². The van der Waals surface area contributed by atoms with Crippen molar-refractivity contribution in [1.82, 2.24) is 14.9 Å². The van der Waals surface area contributed by atoms with Gasteiger partial charge in [0.2, 0.25) is 11.8 Å². The molecule has 2 aromatic rings. The van der Waals surface area contributed by atoms with Crippen LogP contribution in [0.5, 0.6) is 11.6 Å². The van der Waals surface area contributed by atoms with E-state index in [1.54, 1.807) is 12.1 Å². The lowest BCUT2D eigenvalue weighted by Crippen LogP contribution is -2.49. The molecule has 0 bridgehead atoms. The van der Waals surface area contributed by atoms with E-state index in [2.05, 4.69) is 14.9 Å². The smallest absolute Gasteiger partial charge is 0.225 e. The number of carbonyl (C=O) groups excluding carboxylic acids is 1. The van der Waals surface area contributed by atoms with Gasteiger partial charge >= 0.3 is 0 Å². The first kappa shape index (κ1) is 16.1. The van der Waals surface area contributed by atoms with Gasteiger partial charge < -0.3 is 14.5 Å². The van der Waals surface area contributed by atoms with Gasteiger partial charge in [-0.1, -0.05) is 23.7 Å². The van der Waals surface area contributed by atoms with Crippen molar-refractivity contribution < 1.29 is 9.53 Å². The summed E-state index contributed by atoms with van der Waals surface area (Å²) >= 11 is 6.12. The summed E-state index contributed by atoms with van der Waals surface area (Å²) in [6, 6.07) is 9.09. The van der Waals surface area contributed by atoms with Gasteiger partial charge in [-0.15, -0.1) is 0 Å². The fraction of sp³-hybridized carbons (Fsp3) is 0.389. The van der Waals surface area contributed by atoms with Gasteiger partial charge in [-0.3, -0.25) is 4.79 Å². The third-order valence-corrected chi connectivity index (χ3v) is 4.83. The van der Waals surface area contributed by atoms with Crippen molar-refractivity contribution in [2.24, 2.45) is 5.92 Å². The van der Waals surface area contributed by atoms with E-state index in [4.69, 9.17) is 16.3 Å². The second-order valence-electron chi connectivity index (χ2n) is 6.33. The molecule has 1 saturated carbocycles. The molecule has 1 amide bonds. The highest BCUT2D eigenvalue weighted by Gasteiger charge is 2.34. The van der Waals surface area contributed by atoms with Gasteiger partial charge in [0.1, 0.15) is 17.9 Å². The molecule has 1 saturated heterocycles. The van der Waals surface area contributed by atoms with Gasteiger partial charge in [-0.2, -0.15) is 0 Å². The van der Waals surface area contributed by atoms with E-state index in [0.717, 1.165) is 44.8 Å². The standard InChI is InChI=1S/C18H19ClN4O2/c19-14-3-1-2-4-15(14)25-17-11-16(20-12-21-17)22-7-9-23(10-8-22)18(24)13-5-6-13/h1-4,11-13H,5-10H2. The van der Waals surface area contributed by atoms with Crippen LogP contribution in [0.25, 0.3) is 0 Å². The Morgan fingerprint density at radius 2 is 1.88 bits per heavy atom. The molecule has 2 fully saturated rings. The summed E-state index contributed by atoms with van der Waals surface area (Å²) in [6.07, 6.45) is 3.59. The molecule has 0 atom stereocenters. The van der Waals surface area contributed by atoms with Crippen molar-refractivity contribution in [2.45, 2.75) is 12.8 Å². The topological polar surface area (TPSA) is 58.6 Å². The van der Waals surface area contributed by atoms with Gasteiger partial charge in [-0.25, -0.2) is 9.97 Å². The minimum atomic E-state index is 0.279. The monoisotopic (exact) mass is 358 g/mol. The molecule has 0 N–H and O–H groups in total. The normalized spacial score (nSPS) is 17.5. The number of carbonyl (C=O) groups is 1. The van der Waals surface area contributed by atoms with Crippen molar-refractivity contribution in [3.05, 3.63) is 41.7 Å². The molecule has 7 heteroatoms. The predicted octanol–water partition coefficient (Wildman–Crippen LogP) is 2.98. The number of para-hydroxylation sites is 1. The number of amides is 1. The van der Waals surface area contributed by atoms with Crippen LogP contribution in [0.15, 0.2) is 36.7 Å². The van der Waals surface area contributed by atoms with Gasteiger partial charge in [-0.05, 0) is 25.0 Å². The van der Waals surface area contributed by atoms with Crippen LogP contribution in [0.4, 0.5) is 5.82 Å². The fourth-order valence-corrected chi connectivity index (χ4v) is 3.12. The average molecular weight is 359 g/mol. The van der Waals surface area contributed by atoms with Crippen molar-refractivity contribution >= 4 is 23.3 Å². The second kappa shape index (κ2) is 6.88. The number of ether oxygens (including phenoxy) is 1. The highest BCUT2D eigenvalue weighted by Crippen LogP contribution is 2.32. The van der Waals surface area contributed by atoms with Gasteiger partial charge in [0, 0.05) is 38.2 Å². The highest BCUT2D eigenvalue weighted by atomic mass is 35.5. The molecule has 1 aliphatic heterocycles.